The topological polar surface area (TPSA) is 124 Å². The van der Waals surface area contributed by atoms with E-state index in [1.807, 2.05) is 0 Å². The van der Waals surface area contributed by atoms with Crippen LogP contribution in [0.25, 0.3) is 0 Å². The molecule has 0 spiro atoms. The Morgan fingerprint density at radius 1 is 1.21 bits per heavy atom. The van der Waals surface area contributed by atoms with E-state index in [4.69, 9.17) is 14.0 Å². The molecule has 11 heteroatoms. The van der Waals surface area contributed by atoms with Crippen molar-refractivity contribution in [2.75, 3.05) is 18.6 Å². The minimum Gasteiger partial charge on any atom is -0.497 e. The van der Waals surface area contributed by atoms with E-state index in [1.54, 1.807) is 44.4 Å². The summed E-state index contributed by atoms with van der Waals surface area (Å²) in [6.45, 7) is 1.71. The first-order valence-corrected chi connectivity index (χ1v) is 12.4. The summed E-state index contributed by atoms with van der Waals surface area (Å²) in [5, 5.41) is 3.99. The zero-order chi connectivity index (χ0) is 23.9. The Balaban J connectivity index is 1.37. The van der Waals surface area contributed by atoms with Crippen LogP contribution in [0.5, 0.6) is 11.5 Å². The second-order valence-corrected chi connectivity index (χ2v) is 10.1. The molecule has 1 aliphatic carbocycles. The molecule has 1 aliphatic heterocycles. The molecule has 2 heterocycles. The van der Waals surface area contributed by atoms with Crippen molar-refractivity contribution in [3.8, 4) is 11.5 Å². The van der Waals surface area contributed by atoms with Crippen LogP contribution in [0.1, 0.15) is 41.6 Å². The number of hydrogen-bond acceptors (Lipinski definition) is 8. The van der Waals surface area contributed by atoms with Crippen molar-refractivity contribution in [2.24, 2.45) is 0 Å². The number of aromatic nitrogens is 2. The molecule has 2 aromatic carbocycles. The fourth-order valence-corrected chi connectivity index (χ4v) is 5.02. The van der Waals surface area contributed by atoms with Crippen molar-refractivity contribution >= 4 is 21.6 Å². The molecule has 1 fully saturated rings. The molecule has 178 valence electrons. The number of carbonyl (C=O) groups excluding carboxylic acids is 1. The van der Waals surface area contributed by atoms with E-state index in [0.717, 1.165) is 18.4 Å². The van der Waals surface area contributed by atoms with Gasteiger partial charge in [-0.3, -0.25) is 9.69 Å². The maximum absolute atomic E-state index is 13.0. The van der Waals surface area contributed by atoms with Gasteiger partial charge in [0.15, 0.2) is 12.4 Å². The lowest BCUT2D eigenvalue weighted by Crippen LogP contribution is -2.38. The lowest BCUT2D eigenvalue weighted by atomic mass is 10.1. The highest BCUT2D eigenvalue weighted by Gasteiger charge is 2.32. The van der Waals surface area contributed by atoms with Gasteiger partial charge in [0.1, 0.15) is 11.5 Å². The molecule has 1 saturated carbocycles. The number of amides is 1. The number of carbonyl (C=O) groups is 1. The summed E-state index contributed by atoms with van der Waals surface area (Å²) >= 11 is 0. The smallest absolute Gasteiger partial charge is 0.265 e. The summed E-state index contributed by atoms with van der Waals surface area (Å²) in [7, 11) is -2.26. The molecule has 0 unspecified atom stereocenters. The predicted molar refractivity (Wildman–Crippen MR) is 121 cm³/mol. The van der Waals surface area contributed by atoms with Crippen LogP contribution in [0.15, 0.2) is 45.8 Å². The van der Waals surface area contributed by atoms with Crippen molar-refractivity contribution in [2.45, 2.75) is 43.7 Å². The fraction of sp³-hybridized carbons (Fsp3) is 0.348. The van der Waals surface area contributed by atoms with Gasteiger partial charge in [0, 0.05) is 18.5 Å². The van der Waals surface area contributed by atoms with Crippen LogP contribution in [-0.2, 0) is 27.9 Å². The van der Waals surface area contributed by atoms with Crippen LogP contribution >= 0.6 is 0 Å². The third-order valence-electron chi connectivity index (χ3n) is 5.82. The van der Waals surface area contributed by atoms with Crippen LogP contribution in [0.2, 0.25) is 0 Å². The summed E-state index contributed by atoms with van der Waals surface area (Å²) in [6.07, 6.45) is 2.06. The van der Waals surface area contributed by atoms with Crippen molar-refractivity contribution in [3.05, 3.63) is 59.2 Å². The molecule has 0 radical (unpaired) electrons. The third-order valence-corrected chi connectivity index (χ3v) is 7.37. The molecule has 0 atom stereocenters. The lowest BCUT2D eigenvalue weighted by molar-refractivity contribution is -0.121. The molecule has 3 aromatic rings. The number of fused-ring (bicyclic) bond motifs is 1. The van der Waals surface area contributed by atoms with E-state index in [0.29, 0.717) is 40.4 Å². The first kappa shape index (κ1) is 22.4. The normalized spacial score (nSPS) is 15.7. The van der Waals surface area contributed by atoms with E-state index < -0.39 is 10.0 Å². The number of methoxy groups -OCH3 is 1. The van der Waals surface area contributed by atoms with Gasteiger partial charge in [-0.1, -0.05) is 17.3 Å². The second kappa shape index (κ2) is 8.73. The van der Waals surface area contributed by atoms with Gasteiger partial charge in [0.25, 0.3) is 5.91 Å². The number of ether oxygens (including phenoxy) is 2. The number of sulfonamides is 1. The number of rotatable bonds is 8. The van der Waals surface area contributed by atoms with Crippen LogP contribution in [0, 0.1) is 6.92 Å². The number of nitrogens with zero attached hydrogens (tertiary/aromatic N) is 3. The van der Waals surface area contributed by atoms with Gasteiger partial charge < -0.3 is 14.0 Å². The Morgan fingerprint density at radius 3 is 2.68 bits per heavy atom. The number of benzene rings is 2. The number of aryl methyl sites for hydroxylation is 1. The van der Waals surface area contributed by atoms with E-state index in [1.165, 1.54) is 11.0 Å². The van der Waals surface area contributed by atoms with Crippen LogP contribution in [0.3, 0.4) is 0 Å². The van der Waals surface area contributed by atoms with Crippen molar-refractivity contribution in [3.63, 3.8) is 0 Å². The summed E-state index contributed by atoms with van der Waals surface area (Å²) in [5.74, 6) is 2.04. The van der Waals surface area contributed by atoms with Crippen molar-refractivity contribution < 1.29 is 27.2 Å². The summed E-state index contributed by atoms with van der Waals surface area (Å²) in [5.41, 5.74) is 1.75. The Bertz CT molecular complexity index is 1330. The van der Waals surface area contributed by atoms with E-state index in [-0.39, 0.29) is 30.5 Å². The molecule has 1 N–H and O–H groups in total. The predicted octanol–water partition coefficient (Wildman–Crippen LogP) is 2.67. The average Bonchev–Trinajstić information content (AvgIpc) is 3.58. The molecular weight excluding hydrogens is 460 g/mol. The summed E-state index contributed by atoms with van der Waals surface area (Å²) in [4.78, 5) is 18.6. The number of anilines is 1. The highest BCUT2D eigenvalue weighted by Crippen LogP contribution is 2.40. The highest BCUT2D eigenvalue weighted by atomic mass is 32.2. The van der Waals surface area contributed by atoms with Gasteiger partial charge in [-0.15, -0.1) is 0 Å². The molecule has 2 aliphatic rings. The van der Waals surface area contributed by atoms with Crippen LogP contribution in [0.4, 0.5) is 5.69 Å². The fourth-order valence-electron chi connectivity index (χ4n) is 3.76. The maximum Gasteiger partial charge on any atom is 0.265 e. The van der Waals surface area contributed by atoms with Crippen LogP contribution in [-0.4, -0.2) is 38.2 Å². The Labute approximate surface area is 196 Å². The number of hydrogen-bond donors (Lipinski definition) is 1. The Hall–Kier alpha value is -3.44. The molecule has 34 heavy (non-hydrogen) atoms. The van der Waals surface area contributed by atoms with E-state index in [9.17, 15) is 13.2 Å². The van der Waals surface area contributed by atoms with Crippen LogP contribution < -0.4 is 19.1 Å². The molecule has 1 aromatic heterocycles. The maximum atomic E-state index is 13.0. The third kappa shape index (κ3) is 4.48. The quantitative estimate of drug-likeness (QED) is 0.518. The molecule has 10 nitrogen and oxygen atoms in total. The first-order valence-electron chi connectivity index (χ1n) is 10.9. The minimum atomic E-state index is -3.83. The van der Waals surface area contributed by atoms with Gasteiger partial charge in [-0.2, -0.15) is 4.98 Å². The van der Waals surface area contributed by atoms with Gasteiger partial charge in [0.05, 0.1) is 24.2 Å². The molecule has 5 rings (SSSR count). The average molecular weight is 485 g/mol. The largest absolute Gasteiger partial charge is 0.497 e. The zero-order valence-electron chi connectivity index (χ0n) is 18.8. The van der Waals surface area contributed by atoms with Gasteiger partial charge in [-0.05, 0) is 49.1 Å². The standard InChI is InChI=1S/C23H24N4O6S/c1-14-9-18-19(10-20(14)34(29,30)24-11-15-3-7-17(31-2)8-4-15)32-13-22(28)27(18)12-21-25-23(33-26-21)16-5-6-16/h3-4,7-10,16,24H,5-6,11-13H2,1-2H3. The van der Waals surface area contributed by atoms with Crippen molar-refractivity contribution in [1.82, 2.24) is 14.9 Å². The summed E-state index contributed by atoms with van der Waals surface area (Å²) in [6, 6.07) is 10.2. The molecule has 0 bridgehead atoms. The summed E-state index contributed by atoms with van der Waals surface area (Å²) < 4.78 is 44.7. The molecule has 1 amide bonds. The molecule has 0 saturated heterocycles. The zero-order valence-corrected chi connectivity index (χ0v) is 19.6. The van der Waals surface area contributed by atoms with Crippen molar-refractivity contribution in [1.29, 1.82) is 0 Å². The Kier molecular flexibility index (Phi) is 5.74. The van der Waals surface area contributed by atoms with E-state index >= 15 is 0 Å². The van der Waals surface area contributed by atoms with Gasteiger partial charge in [-0.25, -0.2) is 13.1 Å². The van der Waals surface area contributed by atoms with Gasteiger partial charge in [0.2, 0.25) is 15.9 Å². The SMILES string of the molecule is COc1ccc(CNS(=O)(=O)c2cc3c(cc2C)N(Cc2noc(C4CC4)n2)C(=O)CO3)cc1. The highest BCUT2D eigenvalue weighted by molar-refractivity contribution is 7.89. The number of nitrogens with one attached hydrogen (secondary N) is 1. The molecular formula is C23H24N4O6S. The first-order chi connectivity index (χ1) is 16.3. The Morgan fingerprint density at radius 2 is 1.97 bits per heavy atom. The monoisotopic (exact) mass is 484 g/mol. The minimum absolute atomic E-state index is 0.0876. The lowest BCUT2D eigenvalue weighted by Gasteiger charge is -2.29. The second-order valence-electron chi connectivity index (χ2n) is 8.35. The van der Waals surface area contributed by atoms with E-state index in [2.05, 4.69) is 14.9 Å². The van der Waals surface area contributed by atoms with Gasteiger partial charge >= 0.3 is 0 Å².